The van der Waals surface area contributed by atoms with Crippen LogP contribution in [0.1, 0.15) is 26.5 Å². The number of benzene rings is 1. The quantitative estimate of drug-likeness (QED) is 0.729. The molecule has 8 heteroatoms. The predicted octanol–water partition coefficient (Wildman–Crippen LogP) is 2.61. The average Bonchev–Trinajstić information content (AvgIpc) is 2.96. The van der Waals surface area contributed by atoms with Crippen LogP contribution in [0.2, 0.25) is 0 Å². The van der Waals surface area contributed by atoms with Crippen molar-refractivity contribution in [1.29, 1.82) is 0 Å². The molecule has 3 rings (SSSR count). The lowest BCUT2D eigenvalue weighted by Gasteiger charge is -2.14. The number of imidazole rings is 1. The number of anilines is 1. The fourth-order valence-electron chi connectivity index (χ4n) is 2.73. The molecule has 3 aromatic rings. The highest BCUT2D eigenvalue weighted by atomic mass is 16.5. The molecule has 0 unspecified atom stereocenters. The fraction of sp³-hybridized carbons (Fsp3) is 0.167. The summed E-state index contributed by atoms with van der Waals surface area (Å²) in [5.74, 6) is -1.11. The molecule has 0 aliphatic rings. The molecule has 2 N–H and O–H groups in total. The topological polar surface area (TPSA) is 102 Å². The van der Waals surface area contributed by atoms with Gasteiger partial charge in [0, 0.05) is 18.3 Å². The maximum atomic E-state index is 12.8. The third-order valence-corrected chi connectivity index (χ3v) is 3.92. The first-order valence-electron chi connectivity index (χ1n) is 7.70. The van der Waals surface area contributed by atoms with Crippen molar-refractivity contribution in [3.8, 4) is 11.5 Å². The third kappa shape index (κ3) is 2.92. The summed E-state index contributed by atoms with van der Waals surface area (Å²) in [6.45, 7) is 1.72. The Morgan fingerprint density at radius 2 is 1.85 bits per heavy atom. The van der Waals surface area contributed by atoms with Crippen LogP contribution in [0.15, 0.2) is 36.5 Å². The normalized spacial score (nSPS) is 10.6. The first-order valence-corrected chi connectivity index (χ1v) is 7.70. The molecular weight excluding hydrogens is 338 g/mol. The highest BCUT2D eigenvalue weighted by Gasteiger charge is 2.21. The van der Waals surface area contributed by atoms with Crippen LogP contribution < -0.4 is 14.8 Å². The molecule has 0 spiro atoms. The van der Waals surface area contributed by atoms with Crippen LogP contribution in [0.5, 0.6) is 11.5 Å². The maximum Gasteiger partial charge on any atom is 0.337 e. The lowest BCUT2D eigenvalue weighted by molar-refractivity contribution is 0.0697. The van der Waals surface area contributed by atoms with Crippen molar-refractivity contribution in [2.75, 3.05) is 19.5 Å². The first kappa shape index (κ1) is 17.3. The molecule has 0 saturated carbocycles. The van der Waals surface area contributed by atoms with Crippen molar-refractivity contribution in [2.45, 2.75) is 6.92 Å². The van der Waals surface area contributed by atoms with E-state index in [1.807, 2.05) is 6.07 Å². The van der Waals surface area contributed by atoms with Gasteiger partial charge in [0.2, 0.25) is 0 Å². The van der Waals surface area contributed by atoms with Gasteiger partial charge in [0.1, 0.15) is 11.3 Å². The van der Waals surface area contributed by atoms with Crippen LogP contribution in [-0.4, -0.2) is 40.6 Å². The second-order valence-corrected chi connectivity index (χ2v) is 5.49. The molecule has 0 fully saturated rings. The highest BCUT2D eigenvalue weighted by Crippen LogP contribution is 2.33. The Morgan fingerprint density at radius 1 is 1.15 bits per heavy atom. The van der Waals surface area contributed by atoms with E-state index in [2.05, 4.69) is 10.3 Å². The van der Waals surface area contributed by atoms with Gasteiger partial charge in [-0.2, -0.15) is 0 Å². The number of aromatic carboxylic acids is 1. The number of carboxylic acid groups (broad SMARTS) is 1. The number of nitrogens with one attached hydrogen (secondary N) is 1. The van der Waals surface area contributed by atoms with Gasteiger partial charge in [0.25, 0.3) is 5.91 Å². The van der Waals surface area contributed by atoms with Crippen molar-refractivity contribution in [1.82, 2.24) is 9.38 Å². The SMILES string of the molecule is COc1cc(NC(=O)c2c(C)nc3ccccn23)c(C(=O)O)cc1OC. The molecule has 26 heavy (non-hydrogen) atoms. The summed E-state index contributed by atoms with van der Waals surface area (Å²) >= 11 is 0. The Morgan fingerprint density at radius 3 is 2.50 bits per heavy atom. The molecule has 134 valence electrons. The number of amides is 1. The smallest absolute Gasteiger partial charge is 0.337 e. The van der Waals surface area contributed by atoms with E-state index in [9.17, 15) is 14.7 Å². The first-order chi connectivity index (χ1) is 12.5. The van der Waals surface area contributed by atoms with Crippen molar-refractivity contribution in [3.63, 3.8) is 0 Å². The lowest BCUT2D eigenvalue weighted by Crippen LogP contribution is -2.18. The summed E-state index contributed by atoms with van der Waals surface area (Å²) in [4.78, 5) is 28.7. The number of carbonyl (C=O) groups excluding carboxylic acids is 1. The van der Waals surface area contributed by atoms with E-state index in [0.29, 0.717) is 22.8 Å². The minimum atomic E-state index is -1.20. The maximum absolute atomic E-state index is 12.8. The van der Waals surface area contributed by atoms with Crippen molar-refractivity contribution in [2.24, 2.45) is 0 Å². The van der Waals surface area contributed by atoms with E-state index in [0.717, 1.165) is 0 Å². The van der Waals surface area contributed by atoms with Crippen LogP contribution in [-0.2, 0) is 0 Å². The van der Waals surface area contributed by atoms with Crippen LogP contribution in [0.4, 0.5) is 5.69 Å². The summed E-state index contributed by atoms with van der Waals surface area (Å²) in [6.07, 6.45) is 1.72. The Balaban J connectivity index is 2.06. The van der Waals surface area contributed by atoms with E-state index in [-0.39, 0.29) is 17.0 Å². The zero-order valence-corrected chi connectivity index (χ0v) is 14.4. The highest BCUT2D eigenvalue weighted by molar-refractivity contribution is 6.08. The van der Waals surface area contributed by atoms with Gasteiger partial charge >= 0.3 is 5.97 Å². The summed E-state index contributed by atoms with van der Waals surface area (Å²) in [5.41, 5.74) is 1.48. The second-order valence-electron chi connectivity index (χ2n) is 5.49. The fourth-order valence-corrected chi connectivity index (χ4v) is 2.73. The number of hydrogen-bond acceptors (Lipinski definition) is 5. The molecule has 1 aromatic carbocycles. The molecular formula is C18H17N3O5. The molecule has 1 amide bonds. The zero-order chi connectivity index (χ0) is 18.8. The van der Waals surface area contributed by atoms with Gasteiger partial charge in [-0.15, -0.1) is 0 Å². The van der Waals surface area contributed by atoms with E-state index in [4.69, 9.17) is 9.47 Å². The molecule has 0 saturated heterocycles. The van der Waals surface area contributed by atoms with Crippen LogP contribution in [0.25, 0.3) is 5.65 Å². The monoisotopic (exact) mass is 355 g/mol. The summed E-state index contributed by atoms with van der Waals surface area (Å²) < 4.78 is 12.0. The van der Waals surface area contributed by atoms with E-state index >= 15 is 0 Å². The van der Waals surface area contributed by atoms with Gasteiger partial charge in [-0.3, -0.25) is 9.20 Å². The molecule has 0 bridgehead atoms. The summed E-state index contributed by atoms with van der Waals surface area (Å²) in [6, 6.07) is 8.10. The number of methoxy groups -OCH3 is 2. The average molecular weight is 355 g/mol. The number of nitrogens with zero attached hydrogens (tertiary/aromatic N) is 2. The molecule has 0 aliphatic heterocycles. The predicted molar refractivity (Wildman–Crippen MR) is 94.4 cm³/mol. The van der Waals surface area contributed by atoms with E-state index in [1.54, 1.807) is 29.7 Å². The number of pyridine rings is 1. The van der Waals surface area contributed by atoms with E-state index in [1.165, 1.54) is 26.4 Å². The zero-order valence-electron chi connectivity index (χ0n) is 14.4. The van der Waals surface area contributed by atoms with Gasteiger partial charge in [-0.1, -0.05) is 6.07 Å². The Kier molecular flexibility index (Phi) is 4.49. The summed E-state index contributed by atoms with van der Waals surface area (Å²) in [5, 5.41) is 12.1. The molecule has 0 radical (unpaired) electrons. The standard InChI is InChI=1S/C18H17N3O5/c1-10-16(21-7-5-4-6-15(21)19-10)17(22)20-12-9-14(26-3)13(25-2)8-11(12)18(23)24/h4-9H,1-3H3,(H,20,22)(H,23,24). The van der Waals surface area contributed by atoms with Gasteiger partial charge in [-0.25, -0.2) is 9.78 Å². The number of ether oxygens (including phenoxy) is 2. The van der Waals surface area contributed by atoms with Crippen LogP contribution in [0.3, 0.4) is 0 Å². The minimum absolute atomic E-state index is 0.102. The molecule has 2 heterocycles. The van der Waals surface area contributed by atoms with Crippen LogP contribution in [0, 0.1) is 6.92 Å². The third-order valence-electron chi connectivity index (χ3n) is 3.92. The molecule has 0 aliphatic carbocycles. The number of carboxylic acids is 1. The van der Waals surface area contributed by atoms with Crippen LogP contribution >= 0.6 is 0 Å². The summed E-state index contributed by atoms with van der Waals surface area (Å²) in [7, 11) is 2.84. The number of fused-ring (bicyclic) bond motifs is 1. The molecule has 0 atom stereocenters. The Labute approximate surface area is 149 Å². The lowest BCUT2D eigenvalue weighted by atomic mass is 10.1. The van der Waals surface area contributed by atoms with Gasteiger partial charge in [0.05, 0.1) is 31.2 Å². The molecule has 8 nitrogen and oxygen atoms in total. The number of hydrogen-bond donors (Lipinski definition) is 2. The van der Waals surface area contributed by atoms with Gasteiger partial charge in [-0.05, 0) is 19.1 Å². The van der Waals surface area contributed by atoms with E-state index < -0.39 is 11.9 Å². The van der Waals surface area contributed by atoms with Gasteiger partial charge < -0.3 is 19.9 Å². The van der Waals surface area contributed by atoms with Gasteiger partial charge in [0.15, 0.2) is 11.5 Å². The number of aryl methyl sites for hydroxylation is 1. The largest absolute Gasteiger partial charge is 0.493 e. The number of carbonyl (C=O) groups is 2. The number of aromatic nitrogens is 2. The molecule has 2 aromatic heterocycles. The minimum Gasteiger partial charge on any atom is -0.493 e. The van der Waals surface area contributed by atoms with Crippen molar-refractivity contribution in [3.05, 3.63) is 53.5 Å². The number of rotatable bonds is 5. The Hall–Kier alpha value is -3.55. The van der Waals surface area contributed by atoms with Crippen molar-refractivity contribution >= 4 is 23.2 Å². The van der Waals surface area contributed by atoms with Crippen molar-refractivity contribution < 1.29 is 24.2 Å². The Bertz CT molecular complexity index is 1010. The second kappa shape index (κ2) is 6.75.